The van der Waals surface area contributed by atoms with Crippen LogP contribution >= 0.6 is 0 Å². The molecule has 0 saturated carbocycles. The molecule has 0 bridgehead atoms. The van der Waals surface area contributed by atoms with Gasteiger partial charge in [-0.15, -0.1) is 5.10 Å². The number of nitrogens with zero attached hydrogens (tertiary/aromatic N) is 2. The zero-order valence-corrected chi connectivity index (χ0v) is 13.8. The quantitative estimate of drug-likeness (QED) is 0.667. The molecule has 0 spiro atoms. The number of anilines is 1. The maximum Gasteiger partial charge on any atom is 0.417 e. The Bertz CT molecular complexity index is 987. The van der Waals surface area contributed by atoms with E-state index in [0.29, 0.717) is 5.56 Å². The van der Waals surface area contributed by atoms with E-state index in [0.717, 1.165) is 35.0 Å². The number of hydrogen-bond acceptors (Lipinski definition) is 2. The summed E-state index contributed by atoms with van der Waals surface area (Å²) < 4.78 is 67.9. The lowest BCUT2D eigenvalue weighted by atomic mass is 10.1. The van der Waals surface area contributed by atoms with Crippen molar-refractivity contribution in [1.29, 1.82) is 0 Å². The standard InChI is InChI=1S/C18H12F5N3O/c1-10-8-13(19)16(14(20)9-10)26-7-6-15(25-26)24-17(27)11-4-2-3-5-12(11)18(21,22)23/h2-9H,1H3,(H,24,25,27). The zero-order valence-electron chi connectivity index (χ0n) is 13.8. The van der Waals surface area contributed by atoms with Gasteiger partial charge in [-0.05, 0) is 36.8 Å². The molecule has 0 aliphatic rings. The van der Waals surface area contributed by atoms with Crippen LogP contribution < -0.4 is 5.32 Å². The fraction of sp³-hybridized carbons (Fsp3) is 0.111. The maximum absolute atomic E-state index is 14.0. The van der Waals surface area contributed by atoms with Crippen LogP contribution in [0.4, 0.5) is 27.8 Å². The van der Waals surface area contributed by atoms with E-state index in [1.807, 2.05) is 0 Å². The van der Waals surface area contributed by atoms with E-state index in [9.17, 15) is 26.7 Å². The third-order valence-corrected chi connectivity index (χ3v) is 3.70. The Hall–Kier alpha value is -3.23. The van der Waals surface area contributed by atoms with Crippen molar-refractivity contribution < 1.29 is 26.7 Å². The van der Waals surface area contributed by atoms with Crippen molar-refractivity contribution in [3.05, 3.63) is 77.0 Å². The van der Waals surface area contributed by atoms with Crippen molar-refractivity contribution in [3.8, 4) is 5.69 Å². The number of amides is 1. The molecule has 0 unspecified atom stereocenters. The normalized spacial score (nSPS) is 11.5. The molecule has 0 radical (unpaired) electrons. The molecule has 3 rings (SSSR count). The average molecular weight is 381 g/mol. The fourth-order valence-corrected chi connectivity index (χ4v) is 2.54. The summed E-state index contributed by atoms with van der Waals surface area (Å²) >= 11 is 0. The number of nitrogens with one attached hydrogen (secondary N) is 1. The minimum atomic E-state index is -4.71. The molecule has 2 aromatic carbocycles. The molecule has 4 nitrogen and oxygen atoms in total. The highest BCUT2D eigenvalue weighted by molar-refractivity contribution is 6.04. The summed E-state index contributed by atoms with van der Waals surface area (Å²) in [6.07, 6.45) is -3.52. The first-order chi connectivity index (χ1) is 12.7. The van der Waals surface area contributed by atoms with E-state index in [-0.39, 0.29) is 5.82 Å². The van der Waals surface area contributed by atoms with Gasteiger partial charge in [0, 0.05) is 12.3 Å². The molecular weight excluding hydrogens is 369 g/mol. The van der Waals surface area contributed by atoms with Gasteiger partial charge in [-0.3, -0.25) is 4.79 Å². The third-order valence-electron chi connectivity index (χ3n) is 3.70. The maximum atomic E-state index is 14.0. The lowest BCUT2D eigenvalue weighted by Crippen LogP contribution is -2.19. The number of hydrogen-bond donors (Lipinski definition) is 1. The SMILES string of the molecule is Cc1cc(F)c(-n2ccc(NC(=O)c3ccccc3C(F)(F)F)n2)c(F)c1. The molecule has 0 aliphatic heterocycles. The van der Waals surface area contributed by atoms with E-state index < -0.39 is 40.5 Å². The Labute approximate surface area is 150 Å². The van der Waals surface area contributed by atoms with Crippen LogP contribution in [-0.2, 0) is 6.18 Å². The van der Waals surface area contributed by atoms with Crippen molar-refractivity contribution in [1.82, 2.24) is 9.78 Å². The Morgan fingerprint density at radius 3 is 2.33 bits per heavy atom. The Morgan fingerprint density at radius 1 is 1.07 bits per heavy atom. The van der Waals surface area contributed by atoms with Gasteiger partial charge >= 0.3 is 6.18 Å². The van der Waals surface area contributed by atoms with Crippen LogP contribution in [0.2, 0.25) is 0 Å². The largest absolute Gasteiger partial charge is 0.417 e. The van der Waals surface area contributed by atoms with E-state index in [4.69, 9.17) is 0 Å². The molecule has 140 valence electrons. The molecule has 9 heteroatoms. The summed E-state index contributed by atoms with van der Waals surface area (Å²) in [5.74, 6) is -2.93. The molecule has 1 heterocycles. The lowest BCUT2D eigenvalue weighted by Gasteiger charge is -2.11. The molecule has 1 N–H and O–H groups in total. The first kappa shape index (κ1) is 18.6. The van der Waals surface area contributed by atoms with Gasteiger partial charge in [-0.2, -0.15) is 13.2 Å². The van der Waals surface area contributed by atoms with Crippen LogP contribution in [0.1, 0.15) is 21.5 Å². The number of rotatable bonds is 3. The van der Waals surface area contributed by atoms with Gasteiger partial charge in [0.2, 0.25) is 0 Å². The number of halogens is 5. The van der Waals surface area contributed by atoms with Gasteiger partial charge in [0.15, 0.2) is 17.5 Å². The van der Waals surface area contributed by atoms with Crippen molar-refractivity contribution in [2.45, 2.75) is 13.1 Å². The van der Waals surface area contributed by atoms with E-state index in [2.05, 4.69) is 10.4 Å². The zero-order chi connectivity index (χ0) is 19.8. The smallest absolute Gasteiger partial charge is 0.305 e. The van der Waals surface area contributed by atoms with Gasteiger partial charge < -0.3 is 5.32 Å². The van der Waals surface area contributed by atoms with Gasteiger partial charge in [0.1, 0.15) is 5.69 Å². The molecule has 1 amide bonds. The second-order valence-corrected chi connectivity index (χ2v) is 5.72. The van der Waals surface area contributed by atoms with Crippen LogP contribution in [0.25, 0.3) is 5.69 Å². The van der Waals surface area contributed by atoms with Crippen molar-refractivity contribution in [3.63, 3.8) is 0 Å². The number of carbonyl (C=O) groups excluding carboxylic acids is 1. The summed E-state index contributed by atoms with van der Waals surface area (Å²) in [6.45, 7) is 1.52. The van der Waals surface area contributed by atoms with Crippen molar-refractivity contribution in [2.24, 2.45) is 0 Å². The van der Waals surface area contributed by atoms with Crippen LogP contribution in [0, 0.1) is 18.6 Å². The lowest BCUT2D eigenvalue weighted by molar-refractivity contribution is -0.137. The topological polar surface area (TPSA) is 46.9 Å². The molecule has 27 heavy (non-hydrogen) atoms. The van der Waals surface area contributed by atoms with Crippen LogP contribution in [-0.4, -0.2) is 15.7 Å². The number of carbonyl (C=O) groups is 1. The highest BCUT2D eigenvalue weighted by atomic mass is 19.4. The molecule has 0 aliphatic carbocycles. The van der Waals surface area contributed by atoms with Crippen LogP contribution in [0.3, 0.4) is 0 Å². The summed E-state index contributed by atoms with van der Waals surface area (Å²) in [7, 11) is 0. The monoisotopic (exact) mass is 381 g/mol. The third kappa shape index (κ3) is 3.81. The van der Waals surface area contributed by atoms with Gasteiger partial charge in [0.25, 0.3) is 5.91 Å². The van der Waals surface area contributed by atoms with Crippen LogP contribution in [0.5, 0.6) is 0 Å². The minimum absolute atomic E-state index is 0.156. The number of benzene rings is 2. The first-order valence-corrected chi connectivity index (χ1v) is 7.66. The average Bonchev–Trinajstić information content (AvgIpc) is 3.01. The van der Waals surface area contributed by atoms with E-state index in [1.54, 1.807) is 0 Å². The first-order valence-electron chi connectivity index (χ1n) is 7.66. The van der Waals surface area contributed by atoms with Gasteiger partial charge in [-0.1, -0.05) is 12.1 Å². The second kappa shape index (κ2) is 6.82. The molecular formula is C18H12F5N3O. The fourth-order valence-electron chi connectivity index (χ4n) is 2.54. The van der Waals surface area contributed by atoms with E-state index in [1.165, 1.54) is 25.3 Å². The van der Waals surface area contributed by atoms with Crippen molar-refractivity contribution in [2.75, 3.05) is 5.32 Å². The molecule has 0 atom stereocenters. The molecule has 0 saturated heterocycles. The van der Waals surface area contributed by atoms with Crippen molar-refractivity contribution >= 4 is 11.7 Å². The number of aryl methyl sites for hydroxylation is 1. The Morgan fingerprint density at radius 2 is 1.70 bits per heavy atom. The summed E-state index contributed by atoms with van der Waals surface area (Å²) in [4.78, 5) is 12.2. The van der Waals surface area contributed by atoms with Gasteiger partial charge in [-0.25, -0.2) is 13.5 Å². The molecule has 3 aromatic rings. The predicted molar refractivity (Wildman–Crippen MR) is 87.6 cm³/mol. The molecule has 1 aromatic heterocycles. The van der Waals surface area contributed by atoms with E-state index >= 15 is 0 Å². The minimum Gasteiger partial charge on any atom is -0.305 e. The number of aromatic nitrogens is 2. The Balaban J connectivity index is 1.89. The summed E-state index contributed by atoms with van der Waals surface area (Å²) in [6, 6.07) is 7.69. The number of alkyl halides is 3. The highest BCUT2D eigenvalue weighted by Crippen LogP contribution is 2.32. The summed E-state index contributed by atoms with van der Waals surface area (Å²) in [5.41, 5.74) is -1.78. The molecule has 0 fully saturated rings. The summed E-state index contributed by atoms with van der Waals surface area (Å²) in [5, 5.41) is 6.01. The van der Waals surface area contributed by atoms with Crippen LogP contribution in [0.15, 0.2) is 48.7 Å². The predicted octanol–water partition coefficient (Wildman–Crippen LogP) is 4.73. The second-order valence-electron chi connectivity index (χ2n) is 5.72. The highest BCUT2D eigenvalue weighted by Gasteiger charge is 2.34. The van der Waals surface area contributed by atoms with Gasteiger partial charge in [0.05, 0.1) is 11.1 Å². The Kier molecular flexibility index (Phi) is 4.69.